The molecule has 0 aromatic carbocycles. The molecular weight excluding hydrogens is 262 g/mol. The van der Waals surface area contributed by atoms with Crippen LogP contribution in [0.4, 0.5) is 0 Å². The first kappa shape index (κ1) is 14.4. The number of hydrogen-bond donors (Lipinski definition) is 1. The zero-order valence-electron chi connectivity index (χ0n) is 11.6. The molecule has 1 aromatic heterocycles. The van der Waals surface area contributed by atoms with Crippen molar-refractivity contribution in [3.8, 4) is 0 Å². The lowest BCUT2D eigenvalue weighted by Gasteiger charge is -2.34. The monoisotopic (exact) mass is 285 g/mol. The first-order valence-electron chi connectivity index (χ1n) is 6.95. The molecule has 1 aromatic rings. The lowest BCUT2D eigenvalue weighted by molar-refractivity contribution is 0.272. The van der Waals surface area contributed by atoms with Gasteiger partial charge >= 0.3 is 0 Å². The van der Waals surface area contributed by atoms with Crippen LogP contribution in [-0.4, -0.2) is 12.1 Å². The number of hydrogen-bond acceptors (Lipinski definition) is 2. The summed E-state index contributed by atoms with van der Waals surface area (Å²) in [6, 6.07) is 2.05. The van der Waals surface area contributed by atoms with Crippen molar-refractivity contribution in [2.24, 2.45) is 5.92 Å². The lowest BCUT2D eigenvalue weighted by atomic mass is 9.78. The van der Waals surface area contributed by atoms with Crippen LogP contribution in [0.1, 0.15) is 57.2 Å². The SMILES string of the molecule is CC(C)(C)NCC1CCCCC1c1sccc1Cl. The van der Waals surface area contributed by atoms with Crippen LogP contribution in [0.3, 0.4) is 0 Å². The molecule has 1 aliphatic rings. The van der Waals surface area contributed by atoms with Crippen molar-refractivity contribution >= 4 is 22.9 Å². The van der Waals surface area contributed by atoms with Gasteiger partial charge in [0.2, 0.25) is 0 Å². The molecule has 0 saturated heterocycles. The standard InChI is InChI=1S/C15H24ClNS/c1-15(2,3)17-10-11-6-4-5-7-12(11)14-13(16)8-9-18-14/h8-9,11-12,17H,4-7,10H2,1-3H3. The fourth-order valence-electron chi connectivity index (χ4n) is 2.80. The van der Waals surface area contributed by atoms with E-state index in [0.29, 0.717) is 5.92 Å². The first-order valence-corrected chi connectivity index (χ1v) is 8.21. The third kappa shape index (κ3) is 3.72. The molecule has 102 valence electrons. The van der Waals surface area contributed by atoms with E-state index in [1.807, 2.05) is 17.4 Å². The average Bonchev–Trinajstić information content (AvgIpc) is 2.72. The van der Waals surface area contributed by atoms with Crippen molar-refractivity contribution in [3.63, 3.8) is 0 Å². The minimum absolute atomic E-state index is 0.210. The predicted molar refractivity (Wildman–Crippen MR) is 81.8 cm³/mol. The van der Waals surface area contributed by atoms with Gasteiger partial charge in [0.15, 0.2) is 0 Å². The molecule has 1 nitrogen and oxygen atoms in total. The molecule has 1 saturated carbocycles. The van der Waals surface area contributed by atoms with Gasteiger partial charge in [0, 0.05) is 10.4 Å². The van der Waals surface area contributed by atoms with E-state index < -0.39 is 0 Å². The Bertz CT molecular complexity index is 380. The summed E-state index contributed by atoms with van der Waals surface area (Å²) in [5.41, 5.74) is 0.210. The highest BCUT2D eigenvalue weighted by atomic mass is 35.5. The van der Waals surface area contributed by atoms with E-state index in [1.165, 1.54) is 30.6 Å². The Morgan fingerprint density at radius 3 is 2.67 bits per heavy atom. The summed E-state index contributed by atoms with van der Waals surface area (Å²) in [7, 11) is 0. The Hall–Kier alpha value is -0.0500. The topological polar surface area (TPSA) is 12.0 Å². The summed E-state index contributed by atoms with van der Waals surface area (Å²) < 4.78 is 0. The first-order chi connectivity index (χ1) is 8.47. The van der Waals surface area contributed by atoms with Crippen LogP contribution in [0.2, 0.25) is 5.02 Å². The molecule has 0 aliphatic heterocycles. The number of thiophene rings is 1. The van der Waals surface area contributed by atoms with Gasteiger partial charge in [0.05, 0.1) is 5.02 Å². The maximum Gasteiger partial charge on any atom is 0.0547 e. The molecule has 18 heavy (non-hydrogen) atoms. The fraction of sp³-hybridized carbons (Fsp3) is 0.733. The number of halogens is 1. The van der Waals surface area contributed by atoms with E-state index in [2.05, 4.69) is 31.5 Å². The quantitative estimate of drug-likeness (QED) is 0.818. The van der Waals surface area contributed by atoms with Crippen LogP contribution in [0.25, 0.3) is 0 Å². The Kier molecular flexibility index (Phi) is 4.74. The summed E-state index contributed by atoms with van der Waals surface area (Å²) in [4.78, 5) is 1.41. The highest BCUT2D eigenvalue weighted by Crippen LogP contribution is 2.42. The summed E-state index contributed by atoms with van der Waals surface area (Å²) in [6.45, 7) is 7.83. The second-order valence-electron chi connectivity index (χ2n) is 6.41. The molecule has 0 amide bonds. The van der Waals surface area contributed by atoms with E-state index in [4.69, 9.17) is 11.6 Å². The summed E-state index contributed by atoms with van der Waals surface area (Å²) in [5, 5.41) is 6.77. The molecule has 1 aliphatic carbocycles. The second-order valence-corrected chi connectivity index (χ2v) is 7.77. The van der Waals surface area contributed by atoms with Crippen LogP contribution in [-0.2, 0) is 0 Å². The van der Waals surface area contributed by atoms with E-state index in [-0.39, 0.29) is 5.54 Å². The summed E-state index contributed by atoms with van der Waals surface area (Å²) in [5.74, 6) is 1.41. The Morgan fingerprint density at radius 1 is 1.33 bits per heavy atom. The summed E-state index contributed by atoms with van der Waals surface area (Å²) in [6.07, 6.45) is 5.36. The molecule has 0 radical (unpaired) electrons. The molecular formula is C15H24ClNS. The van der Waals surface area contributed by atoms with Crippen LogP contribution in [0, 0.1) is 5.92 Å². The van der Waals surface area contributed by atoms with Crippen LogP contribution in [0.15, 0.2) is 11.4 Å². The Balaban J connectivity index is 2.05. The maximum atomic E-state index is 6.32. The predicted octanol–water partition coefficient (Wildman–Crippen LogP) is 5.06. The van der Waals surface area contributed by atoms with Crippen molar-refractivity contribution in [3.05, 3.63) is 21.3 Å². The largest absolute Gasteiger partial charge is 0.312 e. The molecule has 1 heterocycles. The zero-order valence-corrected chi connectivity index (χ0v) is 13.2. The molecule has 0 bridgehead atoms. The van der Waals surface area contributed by atoms with Gasteiger partial charge < -0.3 is 5.32 Å². The Labute approximate surface area is 120 Å². The van der Waals surface area contributed by atoms with E-state index in [0.717, 1.165) is 17.5 Å². The van der Waals surface area contributed by atoms with E-state index in [1.54, 1.807) is 0 Å². The van der Waals surface area contributed by atoms with Crippen molar-refractivity contribution in [2.45, 2.75) is 57.9 Å². The Morgan fingerprint density at radius 2 is 2.06 bits per heavy atom. The molecule has 0 spiro atoms. The average molecular weight is 286 g/mol. The molecule has 1 N–H and O–H groups in total. The second kappa shape index (κ2) is 5.94. The normalized spacial score (nSPS) is 25.3. The van der Waals surface area contributed by atoms with Gasteiger partial charge in [-0.2, -0.15) is 0 Å². The lowest BCUT2D eigenvalue weighted by Crippen LogP contribution is -2.41. The molecule has 2 rings (SSSR count). The van der Waals surface area contributed by atoms with Crippen molar-refractivity contribution in [1.29, 1.82) is 0 Å². The van der Waals surface area contributed by atoms with Gasteiger partial charge in [-0.05, 0) is 63.4 Å². The minimum atomic E-state index is 0.210. The summed E-state index contributed by atoms with van der Waals surface area (Å²) >= 11 is 8.15. The van der Waals surface area contributed by atoms with Crippen molar-refractivity contribution in [2.75, 3.05) is 6.54 Å². The minimum Gasteiger partial charge on any atom is -0.312 e. The van der Waals surface area contributed by atoms with Crippen molar-refractivity contribution < 1.29 is 0 Å². The third-order valence-corrected chi connectivity index (χ3v) is 5.28. The molecule has 2 unspecified atom stereocenters. The fourth-order valence-corrected chi connectivity index (χ4v) is 4.23. The third-order valence-electron chi connectivity index (χ3n) is 3.79. The van der Waals surface area contributed by atoms with Gasteiger partial charge in [-0.1, -0.05) is 24.4 Å². The number of nitrogens with one attached hydrogen (secondary N) is 1. The molecule has 1 fully saturated rings. The van der Waals surface area contributed by atoms with Gasteiger partial charge in [-0.25, -0.2) is 0 Å². The molecule has 2 atom stereocenters. The maximum absolute atomic E-state index is 6.32. The molecule has 3 heteroatoms. The van der Waals surface area contributed by atoms with E-state index in [9.17, 15) is 0 Å². The smallest absolute Gasteiger partial charge is 0.0547 e. The van der Waals surface area contributed by atoms with E-state index >= 15 is 0 Å². The van der Waals surface area contributed by atoms with Crippen molar-refractivity contribution in [1.82, 2.24) is 5.32 Å². The highest BCUT2D eigenvalue weighted by molar-refractivity contribution is 7.10. The van der Waals surface area contributed by atoms with Crippen LogP contribution < -0.4 is 5.32 Å². The van der Waals surface area contributed by atoms with Gasteiger partial charge in [-0.3, -0.25) is 0 Å². The van der Waals surface area contributed by atoms with Gasteiger partial charge in [0.25, 0.3) is 0 Å². The zero-order chi connectivity index (χ0) is 13.2. The van der Waals surface area contributed by atoms with Gasteiger partial charge in [-0.15, -0.1) is 11.3 Å². The highest BCUT2D eigenvalue weighted by Gasteiger charge is 2.29. The number of rotatable bonds is 3. The van der Waals surface area contributed by atoms with Crippen LogP contribution >= 0.6 is 22.9 Å². The van der Waals surface area contributed by atoms with Gasteiger partial charge in [0.1, 0.15) is 0 Å². The van der Waals surface area contributed by atoms with Crippen LogP contribution in [0.5, 0.6) is 0 Å².